The van der Waals surface area contributed by atoms with Gasteiger partial charge in [-0.2, -0.15) is 5.10 Å². The maximum atomic E-state index is 13.7. The summed E-state index contributed by atoms with van der Waals surface area (Å²) in [4.78, 5) is 41.4. The molecule has 1 aromatic heterocycles. The quantitative estimate of drug-likeness (QED) is 0.627. The van der Waals surface area contributed by atoms with Gasteiger partial charge in [-0.25, -0.2) is 4.68 Å². The Morgan fingerprint density at radius 3 is 2.26 bits per heavy atom. The van der Waals surface area contributed by atoms with E-state index < -0.39 is 12.9 Å². The molecule has 174 valence electrons. The average Bonchev–Trinajstić information content (AvgIpc) is 3.25. The number of hydrogen-bond donors (Lipinski definition) is 1. The van der Waals surface area contributed by atoms with Gasteiger partial charge in [0, 0.05) is 36.4 Å². The molecule has 0 bridgehead atoms. The van der Waals surface area contributed by atoms with E-state index in [4.69, 9.17) is 14.6 Å². The zero-order valence-corrected chi connectivity index (χ0v) is 18.4. The minimum absolute atomic E-state index is 0.0183. The number of nitrogens with zero attached hydrogens (tertiary/aromatic N) is 4. The molecule has 0 unspecified atom stereocenters. The molecule has 0 saturated carbocycles. The molecule has 1 saturated heterocycles. The maximum absolute atomic E-state index is 13.7. The second-order valence-electron chi connectivity index (χ2n) is 8.27. The molecule has 0 aliphatic carbocycles. The number of aromatic nitrogens is 2. The first-order valence-corrected chi connectivity index (χ1v) is 11.1. The van der Waals surface area contributed by atoms with Crippen LogP contribution in [0.3, 0.4) is 0 Å². The summed E-state index contributed by atoms with van der Waals surface area (Å²) in [5, 5.41) is 4.33. The Kier molecular flexibility index (Phi) is 4.66. The van der Waals surface area contributed by atoms with Gasteiger partial charge in [0.25, 0.3) is 11.8 Å². The van der Waals surface area contributed by atoms with Gasteiger partial charge in [-0.05, 0) is 67.8 Å². The van der Waals surface area contributed by atoms with E-state index in [0.29, 0.717) is 42.9 Å². The highest BCUT2D eigenvalue weighted by atomic mass is 16.5. The second kappa shape index (κ2) is 8.66. The van der Waals surface area contributed by atoms with Crippen molar-refractivity contribution in [2.24, 2.45) is 5.73 Å². The summed E-state index contributed by atoms with van der Waals surface area (Å²) < 4.78 is 28.0. The predicted octanol–water partition coefficient (Wildman–Crippen LogP) is 2.70. The molecule has 3 heterocycles. The van der Waals surface area contributed by atoms with E-state index in [-0.39, 0.29) is 29.0 Å². The second-order valence-corrected chi connectivity index (χ2v) is 8.27. The van der Waals surface area contributed by atoms with Gasteiger partial charge in [0.1, 0.15) is 11.4 Å². The largest absolute Gasteiger partial charge is 0.497 e. The summed E-state index contributed by atoms with van der Waals surface area (Å²) in [6, 6.07) is 13.3. The lowest BCUT2D eigenvalue weighted by molar-refractivity contribution is -0.119. The van der Waals surface area contributed by atoms with Gasteiger partial charge in [-0.15, -0.1) is 0 Å². The van der Waals surface area contributed by atoms with Gasteiger partial charge in [-0.3, -0.25) is 14.4 Å². The maximum Gasteiger partial charge on any atom is 0.277 e. The van der Waals surface area contributed by atoms with Crippen molar-refractivity contribution < 1.29 is 23.2 Å². The van der Waals surface area contributed by atoms with E-state index in [2.05, 4.69) is 5.10 Å². The first-order chi connectivity index (χ1) is 17.6. The molecule has 3 aromatic rings. The fraction of sp³-hybridized carbons (Fsp3) is 0.280. The summed E-state index contributed by atoms with van der Waals surface area (Å²) >= 11 is 0. The van der Waals surface area contributed by atoms with Crippen molar-refractivity contribution >= 4 is 29.1 Å². The number of piperidine rings is 1. The number of primary amides is 1. The van der Waals surface area contributed by atoms with Crippen LogP contribution in [0, 0.1) is 0 Å². The molecule has 2 aliphatic heterocycles. The van der Waals surface area contributed by atoms with Gasteiger partial charge >= 0.3 is 0 Å². The number of fused-ring (bicyclic) bond motifs is 1. The lowest BCUT2D eigenvalue weighted by atomic mass is 10.0. The molecule has 34 heavy (non-hydrogen) atoms. The number of methoxy groups -OCH3 is 1. The van der Waals surface area contributed by atoms with Crippen molar-refractivity contribution in [2.75, 3.05) is 29.9 Å². The molecule has 2 aliphatic rings. The van der Waals surface area contributed by atoms with Crippen LogP contribution in [-0.4, -0.2) is 47.6 Å². The summed E-state index contributed by atoms with van der Waals surface area (Å²) in [6.45, 7) is 1.00. The molecule has 3 amide bonds. The Balaban J connectivity index is 1.46. The monoisotopic (exact) mass is 462 g/mol. The Labute approximate surface area is 200 Å². The summed E-state index contributed by atoms with van der Waals surface area (Å²) in [5.41, 5.74) is 8.13. The van der Waals surface area contributed by atoms with Crippen molar-refractivity contribution in [3.63, 3.8) is 0 Å². The van der Waals surface area contributed by atoms with Crippen molar-refractivity contribution in [1.82, 2.24) is 9.78 Å². The zero-order chi connectivity index (χ0) is 26.3. The average molecular weight is 463 g/mol. The summed E-state index contributed by atoms with van der Waals surface area (Å²) in [7, 11) is -2.60. The lowest BCUT2D eigenvalue weighted by Crippen LogP contribution is -2.39. The number of rotatable bonds is 5. The molecular weight excluding hydrogens is 434 g/mol. The van der Waals surface area contributed by atoms with Crippen LogP contribution < -0.4 is 20.3 Å². The standard InChI is InChI=1S/C25H25N5O4/c1-34-19-11-9-18(10-12-19)30-23-20(22(27-30)24(26)32)13-15-29(25(23)33)17-7-5-16(6-8-17)28-14-3-2-4-21(28)31/h5-12H,2-4,13-15H2,1H3,(H2,26,32)/i1D3. The number of ether oxygens (including phenoxy) is 1. The number of carbonyl (C=O) groups excluding carboxylic acids is 3. The number of carbonyl (C=O) groups is 3. The third kappa shape index (κ3) is 3.68. The van der Waals surface area contributed by atoms with E-state index in [1.807, 2.05) is 12.1 Å². The first-order valence-electron chi connectivity index (χ1n) is 12.6. The Bertz CT molecular complexity index is 1370. The number of anilines is 2. The lowest BCUT2D eigenvalue weighted by Gasteiger charge is -2.29. The fourth-order valence-corrected chi connectivity index (χ4v) is 4.54. The number of nitrogens with two attached hydrogens (primary N) is 1. The van der Waals surface area contributed by atoms with Crippen LogP contribution in [0.15, 0.2) is 48.5 Å². The van der Waals surface area contributed by atoms with Gasteiger partial charge in [-0.1, -0.05) is 0 Å². The molecule has 9 nitrogen and oxygen atoms in total. The van der Waals surface area contributed by atoms with E-state index in [9.17, 15) is 14.4 Å². The van der Waals surface area contributed by atoms with Crippen LogP contribution in [0.5, 0.6) is 5.75 Å². The van der Waals surface area contributed by atoms with Crippen molar-refractivity contribution in [1.29, 1.82) is 0 Å². The molecule has 2 N–H and O–H groups in total. The van der Waals surface area contributed by atoms with E-state index in [0.717, 1.165) is 18.5 Å². The topological polar surface area (TPSA) is 111 Å². The summed E-state index contributed by atoms with van der Waals surface area (Å²) in [6.07, 6.45) is 2.75. The third-order valence-electron chi connectivity index (χ3n) is 6.25. The van der Waals surface area contributed by atoms with Crippen LogP contribution >= 0.6 is 0 Å². The SMILES string of the molecule is [2H]C([2H])([2H])Oc1ccc(-n2nc(C(N)=O)c3c2C(=O)N(c2ccc(N4CCCCC4=O)cc2)CC3)cc1. The van der Waals surface area contributed by atoms with Crippen molar-refractivity contribution in [3.8, 4) is 11.4 Å². The zero-order valence-electron chi connectivity index (χ0n) is 21.4. The van der Waals surface area contributed by atoms with Gasteiger partial charge in [0.2, 0.25) is 5.91 Å². The number of hydrogen-bond acceptors (Lipinski definition) is 5. The third-order valence-corrected chi connectivity index (χ3v) is 6.25. The minimum atomic E-state index is -2.60. The van der Waals surface area contributed by atoms with Gasteiger partial charge < -0.3 is 20.3 Å². The normalized spacial score (nSPS) is 17.6. The van der Waals surface area contributed by atoms with Crippen LogP contribution in [0.2, 0.25) is 0 Å². The molecule has 9 heteroatoms. The Hall–Kier alpha value is -4.14. The minimum Gasteiger partial charge on any atom is -0.497 e. The highest BCUT2D eigenvalue weighted by Gasteiger charge is 2.34. The van der Waals surface area contributed by atoms with E-state index >= 15 is 0 Å². The fourth-order valence-electron chi connectivity index (χ4n) is 4.54. The first kappa shape index (κ1) is 18.3. The molecule has 0 radical (unpaired) electrons. The highest BCUT2D eigenvalue weighted by molar-refractivity contribution is 6.09. The number of amides is 3. The van der Waals surface area contributed by atoms with Crippen LogP contribution in [-0.2, 0) is 11.2 Å². The van der Waals surface area contributed by atoms with Crippen molar-refractivity contribution in [2.45, 2.75) is 25.7 Å². The molecule has 0 atom stereocenters. The van der Waals surface area contributed by atoms with Gasteiger partial charge in [0.15, 0.2) is 5.69 Å². The van der Waals surface area contributed by atoms with Crippen molar-refractivity contribution in [3.05, 3.63) is 65.5 Å². The predicted molar refractivity (Wildman–Crippen MR) is 127 cm³/mol. The number of benzene rings is 2. The Morgan fingerprint density at radius 2 is 1.62 bits per heavy atom. The van der Waals surface area contributed by atoms with Crippen LogP contribution in [0.25, 0.3) is 5.69 Å². The van der Waals surface area contributed by atoms with E-state index in [1.54, 1.807) is 34.1 Å². The molecular formula is C25H25N5O4. The molecule has 0 spiro atoms. The summed E-state index contributed by atoms with van der Waals surface area (Å²) in [5.74, 6) is -0.879. The highest BCUT2D eigenvalue weighted by Crippen LogP contribution is 2.31. The molecule has 1 fully saturated rings. The van der Waals surface area contributed by atoms with Gasteiger partial charge in [0.05, 0.1) is 16.8 Å². The molecule has 2 aromatic carbocycles. The van der Waals surface area contributed by atoms with Crippen LogP contribution in [0.4, 0.5) is 11.4 Å². The smallest absolute Gasteiger partial charge is 0.277 e. The van der Waals surface area contributed by atoms with E-state index in [1.165, 1.54) is 16.8 Å². The Morgan fingerprint density at radius 1 is 0.941 bits per heavy atom. The van der Waals surface area contributed by atoms with Crippen LogP contribution in [0.1, 0.15) is 49.9 Å². The molecule has 5 rings (SSSR count).